The molecule has 0 radical (unpaired) electrons. The van der Waals surface area contributed by atoms with Crippen molar-refractivity contribution in [1.82, 2.24) is 0 Å². The van der Waals surface area contributed by atoms with Gasteiger partial charge in [-0.3, -0.25) is 14.4 Å². The zero-order valence-corrected chi connectivity index (χ0v) is 17.1. The Labute approximate surface area is 183 Å². The summed E-state index contributed by atoms with van der Waals surface area (Å²) >= 11 is 12.2. The molecule has 3 aromatic rings. The van der Waals surface area contributed by atoms with E-state index in [1.807, 2.05) is 60.7 Å². The predicted octanol–water partition coefficient (Wildman–Crippen LogP) is 5.04. The molecule has 0 saturated carbocycles. The Morgan fingerprint density at radius 1 is 0.733 bits per heavy atom. The molecule has 3 aromatic carbocycles. The quantitative estimate of drug-likeness (QED) is 0.537. The van der Waals surface area contributed by atoms with Gasteiger partial charge < -0.3 is 0 Å². The molecule has 2 fully saturated rings. The van der Waals surface area contributed by atoms with E-state index >= 15 is 0 Å². The van der Waals surface area contributed by atoms with Gasteiger partial charge in [0.15, 0.2) is 6.10 Å². The average Bonchev–Trinajstić information content (AvgIpc) is 3.25. The second-order valence-electron chi connectivity index (χ2n) is 7.21. The van der Waals surface area contributed by atoms with Crippen molar-refractivity contribution in [2.45, 2.75) is 12.1 Å². The van der Waals surface area contributed by atoms with E-state index in [4.69, 9.17) is 28.0 Å². The molecule has 2 aliphatic heterocycles. The van der Waals surface area contributed by atoms with Gasteiger partial charge in [0.1, 0.15) is 5.92 Å². The highest BCUT2D eigenvalue weighted by molar-refractivity contribution is 6.35. The predicted molar refractivity (Wildman–Crippen MR) is 115 cm³/mol. The summed E-state index contributed by atoms with van der Waals surface area (Å²) in [4.78, 5) is 34.0. The highest BCUT2D eigenvalue weighted by Gasteiger charge is 2.60. The Morgan fingerprint density at radius 3 is 1.97 bits per heavy atom. The SMILES string of the molecule is O=C1[C@@H]2[C@H](ON(c3ccccc3)[C@H]2c2ccccc2)C(=O)N1c1cc(Cl)cc(Cl)c1. The van der Waals surface area contributed by atoms with Crippen molar-refractivity contribution in [2.24, 2.45) is 5.92 Å². The third-order valence-electron chi connectivity index (χ3n) is 5.37. The van der Waals surface area contributed by atoms with Gasteiger partial charge >= 0.3 is 0 Å². The number of para-hydroxylation sites is 1. The molecular formula is C23H16Cl2N2O3. The number of imide groups is 1. The summed E-state index contributed by atoms with van der Waals surface area (Å²) < 4.78 is 0. The lowest BCUT2D eigenvalue weighted by Gasteiger charge is -2.28. The molecule has 3 atom stereocenters. The average molecular weight is 439 g/mol. The van der Waals surface area contributed by atoms with Crippen LogP contribution >= 0.6 is 23.2 Å². The van der Waals surface area contributed by atoms with Crippen LogP contribution in [0.1, 0.15) is 11.6 Å². The van der Waals surface area contributed by atoms with Gasteiger partial charge in [0.05, 0.1) is 17.4 Å². The Balaban J connectivity index is 1.59. The van der Waals surface area contributed by atoms with Crippen molar-refractivity contribution in [3.8, 4) is 0 Å². The number of rotatable bonds is 3. The van der Waals surface area contributed by atoms with Crippen LogP contribution in [-0.2, 0) is 14.4 Å². The highest BCUT2D eigenvalue weighted by atomic mass is 35.5. The van der Waals surface area contributed by atoms with Gasteiger partial charge in [-0.2, -0.15) is 0 Å². The number of anilines is 2. The van der Waals surface area contributed by atoms with Crippen LogP contribution < -0.4 is 9.96 Å². The third-order valence-corrected chi connectivity index (χ3v) is 5.81. The molecule has 2 saturated heterocycles. The van der Waals surface area contributed by atoms with Crippen LogP contribution in [0.2, 0.25) is 10.0 Å². The molecule has 5 nitrogen and oxygen atoms in total. The van der Waals surface area contributed by atoms with E-state index in [1.165, 1.54) is 0 Å². The summed E-state index contributed by atoms with van der Waals surface area (Å²) in [5.74, 6) is -1.46. The molecule has 2 heterocycles. The molecule has 5 rings (SSSR count). The topological polar surface area (TPSA) is 49.9 Å². The fourth-order valence-electron chi connectivity index (χ4n) is 4.13. The monoisotopic (exact) mass is 438 g/mol. The number of hydrogen-bond acceptors (Lipinski definition) is 4. The van der Waals surface area contributed by atoms with Gasteiger partial charge in [-0.15, -0.1) is 0 Å². The first kappa shape index (κ1) is 19.1. The van der Waals surface area contributed by atoms with E-state index in [9.17, 15) is 9.59 Å². The van der Waals surface area contributed by atoms with Crippen molar-refractivity contribution >= 4 is 46.4 Å². The van der Waals surface area contributed by atoms with Crippen LogP contribution in [0.3, 0.4) is 0 Å². The van der Waals surface area contributed by atoms with E-state index in [2.05, 4.69) is 0 Å². The highest BCUT2D eigenvalue weighted by Crippen LogP contribution is 2.47. The van der Waals surface area contributed by atoms with E-state index in [1.54, 1.807) is 23.3 Å². The maximum absolute atomic E-state index is 13.5. The Bertz CT molecular complexity index is 1100. The molecule has 0 aliphatic carbocycles. The minimum absolute atomic E-state index is 0.337. The molecule has 2 amide bonds. The number of benzene rings is 3. The van der Waals surface area contributed by atoms with Crippen molar-refractivity contribution in [3.63, 3.8) is 0 Å². The molecule has 30 heavy (non-hydrogen) atoms. The first-order valence-electron chi connectivity index (χ1n) is 9.44. The number of halogens is 2. The van der Waals surface area contributed by atoms with E-state index in [-0.39, 0.29) is 5.91 Å². The Hall–Kier alpha value is -2.86. The lowest BCUT2D eigenvalue weighted by molar-refractivity contribution is -0.126. The fraction of sp³-hybridized carbons (Fsp3) is 0.130. The van der Waals surface area contributed by atoms with Crippen LogP contribution in [0.5, 0.6) is 0 Å². The number of carbonyl (C=O) groups is 2. The number of nitrogens with zero attached hydrogens (tertiary/aromatic N) is 2. The van der Waals surface area contributed by atoms with Gasteiger partial charge in [-0.05, 0) is 35.9 Å². The summed E-state index contributed by atoms with van der Waals surface area (Å²) in [5.41, 5.74) is 2.01. The Kier molecular flexibility index (Phi) is 4.74. The van der Waals surface area contributed by atoms with Crippen LogP contribution in [0, 0.1) is 5.92 Å². The lowest BCUT2D eigenvalue weighted by atomic mass is 9.90. The van der Waals surface area contributed by atoms with Gasteiger partial charge in [0.25, 0.3) is 5.91 Å². The molecule has 150 valence electrons. The Morgan fingerprint density at radius 2 is 1.33 bits per heavy atom. The van der Waals surface area contributed by atoms with Crippen LogP contribution in [0.15, 0.2) is 78.9 Å². The maximum Gasteiger partial charge on any atom is 0.266 e. The third kappa shape index (κ3) is 3.06. The molecule has 0 N–H and O–H groups in total. The van der Waals surface area contributed by atoms with Gasteiger partial charge in [-0.25, -0.2) is 9.96 Å². The molecule has 7 heteroatoms. The molecule has 0 aromatic heterocycles. The lowest BCUT2D eigenvalue weighted by Crippen LogP contribution is -2.37. The molecule has 0 spiro atoms. The number of amides is 2. The minimum atomic E-state index is -0.930. The normalized spacial score (nSPS) is 23.2. The van der Waals surface area contributed by atoms with Crippen molar-refractivity contribution in [1.29, 1.82) is 0 Å². The summed E-state index contributed by atoms with van der Waals surface area (Å²) in [6, 6.07) is 23.2. The number of carbonyl (C=O) groups excluding carboxylic acids is 2. The number of fused-ring (bicyclic) bond motifs is 1. The summed E-state index contributed by atoms with van der Waals surface area (Å²) in [6.07, 6.45) is -0.930. The number of hydroxylamine groups is 1. The molecule has 0 bridgehead atoms. The second-order valence-corrected chi connectivity index (χ2v) is 8.08. The summed E-state index contributed by atoms with van der Waals surface area (Å²) in [6.45, 7) is 0. The van der Waals surface area contributed by atoms with Crippen LogP contribution in [-0.4, -0.2) is 17.9 Å². The van der Waals surface area contributed by atoms with Gasteiger partial charge in [0.2, 0.25) is 5.91 Å². The zero-order valence-electron chi connectivity index (χ0n) is 15.6. The standard InChI is InChI=1S/C23H16Cl2N2O3/c24-15-11-16(25)13-18(12-15)26-22(28)19-20(14-7-3-1-4-8-14)27(30-21(19)23(26)29)17-9-5-2-6-10-17/h1-13,19-21H/t19-,20-,21-/m0/s1. The molecule has 2 aliphatic rings. The minimum Gasteiger partial charge on any atom is -0.273 e. The largest absolute Gasteiger partial charge is 0.273 e. The van der Waals surface area contributed by atoms with Crippen LogP contribution in [0.25, 0.3) is 0 Å². The van der Waals surface area contributed by atoms with E-state index in [0.717, 1.165) is 16.2 Å². The fourth-order valence-corrected chi connectivity index (χ4v) is 4.64. The van der Waals surface area contributed by atoms with Gasteiger partial charge in [-0.1, -0.05) is 71.7 Å². The summed E-state index contributed by atoms with van der Waals surface area (Å²) in [5, 5.41) is 2.37. The maximum atomic E-state index is 13.5. The van der Waals surface area contributed by atoms with Crippen LogP contribution in [0.4, 0.5) is 11.4 Å². The first-order chi connectivity index (χ1) is 14.5. The second kappa shape index (κ2) is 7.43. The smallest absolute Gasteiger partial charge is 0.266 e. The zero-order chi connectivity index (χ0) is 20.8. The number of hydrogen-bond donors (Lipinski definition) is 0. The molecule has 0 unspecified atom stereocenters. The molecular weight excluding hydrogens is 423 g/mol. The van der Waals surface area contributed by atoms with E-state index < -0.39 is 24.0 Å². The van der Waals surface area contributed by atoms with Gasteiger partial charge in [0, 0.05) is 10.0 Å². The van der Waals surface area contributed by atoms with Crippen molar-refractivity contribution in [3.05, 3.63) is 94.5 Å². The summed E-state index contributed by atoms with van der Waals surface area (Å²) in [7, 11) is 0. The van der Waals surface area contributed by atoms with Crippen molar-refractivity contribution < 1.29 is 14.4 Å². The van der Waals surface area contributed by atoms with E-state index in [0.29, 0.717) is 15.7 Å². The first-order valence-corrected chi connectivity index (χ1v) is 10.2. The van der Waals surface area contributed by atoms with Crippen molar-refractivity contribution in [2.75, 3.05) is 9.96 Å².